The smallest absolute Gasteiger partial charge is 0.164 e. The normalized spacial score (nSPS) is 11.9. The Balaban J connectivity index is 1.16. The number of aromatic nitrogens is 3. The molecule has 0 unspecified atom stereocenters. The van der Waals surface area contributed by atoms with Crippen LogP contribution in [0.15, 0.2) is 164 Å². The summed E-state index contributed by atoms with van der Waals surface area (Å²) in [7, 11) is 0. The second kappa shape index (κ2) is 11.0. The fourth-order valence-corrected chi connectivity index (χ4v) is 9.21. The molecule has 0 aliphatic carbocycles. The summed E-state index contributed by atoms with van der Waals surface area (Å²) in [4.78, 5) is 15.1. The molecule has 0 N–H and O–H groups in total. The molecule has 9 aromatic carbocycles. The minimum Gasteiger partial charge on any atom is -0.208 e. The van der Waals surface area contributed by atoms with Crippen molar-refractivity contribution in [3.63, 3.8) is 0 Å². The Hall–Kier alpha value is -6.49. The van der Waals surface area contributed by atoms with Crippen LogP contribution in [0, 0.1) is 0 Å². The Morgan fingerprint density at radius 3 is 1.51 bits per heavy atom. The third kappa shape index (κ3) is 4.33. The predicted molar refractivity (Wildman–Crippen MR) is 216 cm³/mol. The van der Waals surface area contributed by atoms with Crippen molar-refractivity contribution in [1.29, 1.82) is 0 Å². The molecular formula is C47H27N3S. The van der Waals surface area contributed by atoms with Crippen LogP contribution >= 0.6 is 11.3 Å². The highest BCUT2D eigenvalue weighted by Gasteiger charge is 2.21. The van der Waals surface area contributed by atoms with Gasteiger partial charge in [0.1, 0.15) is 0 Å². The maximum absolute atomic E-state index is 5.08. The lowest BCUT2D eigenvalue weighted by Crippen LogP contribution is -2.00. The second-order valence-electron chi connectivity index (χ2n) is 13.1. The standard InChI is InChI=1S/C47H27N3S/c1-3-12-28(13-4-1)45-48-46(29-14-5-2-6-15-29)50-47(49-45)38-25-22-34(32-18-9-10-19-33(32)38)37-24-23-36-40-27-31-17-8-7-16-30(31)26-39(40)35-20-11-21-41-42(35)43(36)44(37)51-41/h1-27H. The van der Waals surface area contributed by atoms with Gasteiger partial charge in [0.05, 0.1) is 0 Å². The molecule has 51 heavy (non-hydrogen) atoms. The summed E-state index contributed by atoms with van der Waals surface area (Å²) in [5.41, 5.74) is 5.36. The minimum absolute atomic E-state index is 0.661. The van der Waals surface area contributed by atoms with Crippen LogP contribution in [0.3, 0.4) is 0 Å². The number of thiophene rings is 1. The molecule has 0 atom stereocenters. The first-order valence-corrected chi connectivity index (χ1v) is 18.0. The molecule has 0 fully saturated rings. The second-order valence-corrected chi connectivity index (χ2v) is 14.2. The first-order valence-electron chi connectivity index (χ1n) is 17.2. The van der Waals surface area contributed by atoms with Gasteiger partial charge in [0.15, 0.2) is 17.5 Å². The largest absolute Gasteiger partial charge is 0.208 e. The van der Waals surface area contributed by atoms with Crippen molar-refractivity contribution < 1.29 is 0 Å². The Labute approximate surface area is 297 Å². The molecule has 2 aromatic heterocycles. The van der Waals surface area contributed by atoms with Crippen molar-refractivity contribution in [2.45, 2.75) is 0 Å². The number of nitrogens with zero attached hydrogens (tertiary/aromatic N) is 3. The van der Waals surface area contributed by atoms with Crippen molar-refractivity contribution in [3.8, 4) is 45.3 Å². The Morgan fingerprint density at radius 2 is 0.843 bits per heavy atom. The summed E-state index contributed by atoms with van der Waals surface area (Å²) >= 11 is 1.90. The number of hydrogen-bond donors (Lipinski definition) is 0. The molecule has 4 heteroatoms. The molecule has 0 saturated carbocycles. The highest BCUT2D eigenvalue weighted by molar-refractivity contribution is 7.26. The highest BCUT2D eigenvalue weighted by atomic mass is 32.1. The topological polar surface area (TPSA) is 38.7 Å². The Kier molecular flexibility index (Phi) is 6.12. The lowest BCUT2D eigenvalue weighted by Gasteiger charge is -2.15. The van der Waals surface area contributed by atoms with E-state index in [1.54, 1.807) is 0 Å². The summed E-state index contributed by atoms with van der Waals surface area (Å²) in [5, 5.41) is 12.8. The van der Waals surface area contributed by atoms with E-state index < -0.39 is 0 Å². The average Bonchev–Trinajstić information content (AvgIpc) is 3.60. The fraction of sp³-hybridized carbons (Fsp3) is 0. The van der Waals surface area contributed by atoms with E-state index in [0.717, 1.165) is 22.1 Å². The van der Waals surface area contributed by atoms with Gasteiger partial charge >= 0.3 is 0 Å². The minimum atomic E-state index is 0.661. The van der Waals surface area contributed by atoms with E-state index >= 15 is 0 Å². The molecule has 236 valence electrons. The van der Waals surface area contributed by atoms with Crippen LogP contribution in [0.1, 0.15) is 0 Å². The summed E-state index contributed by atoms with van der Waals surface area (Å²) in [5.74, 6) is 1.98. The number of rotatable bonds is 4. The van der Waals surface area contributed by atoms with E-state index in [1.807, 2.05) is 47.7 Å². The maximum Gasteiger partial charge on any atom is 0.164 e. The van der Waals surface area contributed by atoms with Crippen LogP contribution in [0.4, 0.5) is 0 Å². The molecule has 0 bridgehead atoms. The van der Waals surface area contributed by atoms with Crippen molar-refractivity contribution >= 4 is 74.6 Å². The SMILES string of the molecule is c1ccc(-c2nc(-c3ccccc3)nc(-c3ccc(-c4ccc5c6cc7ccccc7cc6c6cccc7sc4c5c76)c4ccccc34)n2)cc1. The van der Waals surface area contributed by atoms with Crippen molar-refractivity contribution in [1.82, 2.24) is 15.0 Å². The van der Waals surface area contributed by atoms with E-state index in [-0.39, 0.29) is 0 Å². The summed E-state index contributed by atoms with van der Waals surface area (Å²) in [6.45, 7) is 0. The summed E-state index contributed by atoms with van der Waals surface area (Å²) in [6.07, 6.45) is 0. The van der Waals surface area contributed by atoms with E-state index in [4.69, 9.17) is 15.0 Å². The van der Waals surface area contributed by atoms with Crippen molar-refractivity contribution in [3.05, 3.63) is 164 Å². The van der Waals surface area contributed by atoms with E-state index in [0.29, 0.717) is 17.5 Å². The Morgan fingerprint density at radius 1 is 0.333 bits per heavy atom. The number of fused-ring (bicyclic) bond motifs is 5. The van der Waals surface area contributed by atoms with Crippen LogP contribution in [0.5, 0.6) is 0 Å². The molecular weight excluding hydrogens is 639 g/mol. The molecule has 3 nitrogen and oxygen atoms in total. The van der Waals surface area contributed by atoms with Gasteiger partial charge in [0.2, 0.25) is 0 Å². The van der Waals surface area contributed by atoms with Gasteiger partial charge in [-0.15, -0.1) is 11.3 Å². The van der Waals surface area contributed by atoms with Crippen molar-refractivity contribution in [2.24, 2.45) is 0 Å². The predicted octanol–water partition coefficient (Wildman–Crippen LogP) is 13.0. The van der Waals surface area contributed by atoms with Gasteiger partial charge in [0, 0.05) is 42.4 Å². The zero-order valence-electron chi connectivity index (χ0n) is 27.3. The fourth-order valence-electron chi connectivity index (χ4n) is 7.93. The highest BCUT2D eigenvalue weighted by Crippen LogP contribution is 2.50. The molecule has 0 radical (unpaired) electrons. The van der Waals surface area contributed by atoms with Crippen LogP contribution in [0.2, 0.25) is 0 Å². The third-order valence-electron chi connectivity index (χ3n) is 10.3. The van der Waals surface area contributed by atoms with Gasteiger partial charge in [-0.3, -0.25) is 0 Å². The van der Waals surface area contributed by atoms with Gasteiger partial charge in [0.25, 0.3) is 0 Å². The summed E-state index contributed by atoms with van der Waals surface area (Å²) in [6, 6.07) is 58.4. The van der Waals surface area contributed by atoms with Crippen LogP contribution in [0.25, 0.3) is 109 Å². The first-order chi connectivity index (χ1) is 25.3. The number of benzene rings is 9. The maximum atomic E-state index is 5.08. The first kappa shape index (κ1) is 28.4. The molecule has 0 aliphatic rings. The molecule has 2 heterocycles. The zero-order valence-corrected chi connectivity index (χ0v) is 28.2. The molecule has 0 amide bonds. The van der Waals surface area contributed by atoms with E-state index in [1.165, 1.54) is 69.0 Å². The van der Waals surface area contributed by atoms with Gasteiger partial charge in [-0.1, -0.05) is 140 Å². The van der Waals surface area contributed by atoms with Crippen molar-refractivity contribution in [2.75, 3.05) is 0 Å². The number of hydrogen-bond acceptors (Lipinski definition) is 4. The Bertz CT molecular complexity index is 3070. The van der Waals surface area contributed by atoms with Gasteiger partial charge in [-0.25, -0.2) is 15.0 Å². The van der Waals surface area contributed by atoms with Gasteiger partial charge in [-0.2, -0.15) is 0 Å². The molecule has 11 rings (SSSR count). The van der Waals surface area contributed by atoms with Gasteiger partial charge < -0.3 is 0 Å². The van der Waals surface area contributed by atoms with E-state index in [2.05, 4.69) is 127 Å². The molecule has 0 saturated heterocycles. The average molecular weight is 666 g/mol. The molecule has 0 spiro atoms. The third-order valence-corrected chi connectivity index (χ3v) is 11.5. The lowest BCUT2D eigenvalue weighted by molar-refractivity contribution is 1.08. The van der Waals surface area contributed by atoms with Crippen LogP contribution in [-0.4, -0.2) is 15.0 Å². The monoisotopic (exact) mass is 665 g/mol. The van der Waals surface area contributed by atoms with Gasteiger partial charge in [-0.05, 0) is 72.9 Å². The zero-order chi connectivity index (χ0) is 33.5. The van der Waals surface area contributed by atoms with E-state index in [9.17, 15) is 0 Å². The molecule has 0 aliphatic heterocycles. The quantitative estimate of drug-likeness (QED) is 0.139. The van der Waals surface area contributed by atoms with Crippen LogP contribution in [-0.2, 0) is 0 Å². The molecule has 11 aromatic rings. The lowest BCUT2D eigenvalue weighted by atomic mass is 9.89. The summed E-state index contributed by atoms with van der Waals surface area (Å²) < 4.78 is 2.65. The van der Waals surface area contributed by atoms with Crippen LogP contribution < -0.4 is 0 Å².